The van der Waals surface area contributed by atoms with Crippen LogP contribution in [0.25, 0.3) is 186 Å². The fourth-order valence-corrected chi connectivity index (χ4v) is 16.5. The van der Waals surface area contributed by atoms with E-state index >= 15 is 0 Å². The zero-order valence-electron chi connectivity index (χ0n) is 53.9. The lowest BCUT2D eigenvalue weighted by molar-refractivity contribution is 0.486. The summed E-state index contributed by atoms with van der Waals surface area (Å²) in [4.78, 5) is 0. The van der Waals surface area contributed by atoms with Crippen molar-refractivity contribution in [1.82, 2.24) is 0 Å². The summed E-state index contributed by atoms with van der Waals surface area (Å²) in [5, 5.41) is 43.4. The molecule has 19 aromatic carbocycles. The minimum Gasteiger partial charge on any atom is -0.456 e. The van der Waals surface area contributed by atoms with Crippen molar-refractivity contribution in [1.29, 1.82) is 10.5 Å². The highest BCUT2D eigenvalue weighted by Gasteiger charge is 2.26. The molecule has 0 radical (unpaired) electrons. The van der Waals surface area contributed by atoms with Gasteiger partial charge in [-0.25, -0.2) is 0 Å². The fourth-order valence-electron chi connectivity index (χ4n) is 16.5. The summed E-state index contributed by atoms with van der Waals surface area (Å²) >= 11 is 0. The van der Waals surface area contributed by atoms with E-state index in [4.69, 9.17) is 9.47 Å². The molecule has 4 nitrogen and oxygen atoms in total. The molecule has 0 fully saturated rings. The van der Waals surface area contributed by atoms with Gasteiger partial charge in [0.1, 0.15) is 23.0 Å². The summed E-state index contributed by atoms with van der Waals surface area (Å²) in [7, 11) is 0. The normalized spacial score (nSPS) is 11.9. The van der Waals surface area contributed by atoms with E-state index in [0.717, 1.165) is 72.4 Å². The molecule has 19 aromatic rings. The van der Waals surface area contributed by atoms with E-state index in [-0.39, 0.29) is 0 Å². The molecule has 0 bridgehead atoms. The number of hydrogen-bond donors (Lipinski definition) is 0. The van der Waals surface area contributed by atoms with Crippen LogP contribution >= 0.6 is 0 Å². The van der Waals surface area contributed by atoms with Crippen LogP contribution in [0.1, 0.15) is 11.1 Å². The maximum Gasteiger partial charge on any atom is 0.136 e. The molecule has 0 aromatic heterocycles. The Hall–Kier alpha value is -13.6. The van der Waals surface area contributed by atoms with Crippen molar-refractivity contribution in [3.63, 3.8) is 0 Å². The van der Waals surface area contributed by atoms with E-state index in [0.29, 0.717) is 11.1 Å². The summed E-state index contributed by atoms with van der Waals surface area (Å²) < 4.78 is 12.8. The van der Waals surface area contributed by atoms with Gasteiger partial charge < -0.3 is 9.47 Å². The number of rotatable bonds is 5. The molecule has 460 valence electrons. The maximum absolute atomic E-state index is 9.51. The molecule has 0 amide bonds. The molecule has 2 aliphatic rings. The molecule has 0 saturated carbocycles. The second kappa shape index (κ2) is 22.5. The standard InChI is InChI=1S/C51H29NO.C45H25NO/c52-30-31-21-22-42-44-26-25-40(43-19-10-20-49(51(43)44)53-50(42)27-31)39-23-24-41(34-14-5-4-13-33(34)39)46-29-48-36-16-7-6-15-35(36)45(32-11-2-1-3-12-32)28-47(48)38-18-9-8-17-37(38)46;46-26-27-16-18-38-40-23-22-35(39-14-7-15-43(45(39)40)47-44(38)24-27)34-20-21-37(31-11-4-3-10-30(31)34)42-25-41-29-9-2-1-8-28(29)17-19-36(41)32-12-5-6-13-33(32)42/h1-29H;1-25H. The molecular formula is C96H54N2O2. The third-order valence-electron chi connectivity index (χ3n) is 21.0. The van der Waals surface area contributed by atoms with Gasteiger partial charge in [-0.05, 0) is 230 Å². The van der Waals surface area contributed by atoms with E-state index < -0.39 is 0 Å². The molecule has 0 saturated heterocycles. The van der Waals surface area contributed by atoms with Crippen LogP contribution in [0, 0.1) is 22.7 Å². The summed E-state index contributed by atoms with van der Waals surface area (Å²) in [6.45, 7) is 0. The molecule has 0 unspecified atom stereocenters. The number of nitrogens with zero attached hydrogens (tertiary/aromatic N) is 2. The summed E-state index contributed by atoms with van der Waals surface area (Å²) in [5.41, 5.74) is 17.5. The maximum atomic E-state index is 9.51. The molecule has 100 heavy (non-hydrogen) atoms. The lowest BCUT2D eigenvalue weighted by atomic mass is 9.84. The molecule has 2 heterocycles. The predicted octanol–water partition coefficient (Wildman–Crippen LogP) is 26.5. The summed E-state index contributed by atoms with van der Waals surface area (Å²) in [6, 6.07) is 122. The molecule has 4 heteroatoms. The Morgan fingerprint density at radius 1 is 0.180 bits per heavy atom. The number of fused-ring (bicyclic) bond motifs is 16. The Balaban J connectivity index is 0.000000136. The van der Waals surface area contributed by atoms with Crippen LogP contribution < -0.4 is 9.47 Å². The van der Waals surface area contributed by atoms with E-state index in [2.05, 4.69) is 291 Å². The van der Waals surface area contributed by atoms with Gasteiger partial charge in [0.05, 0.1) is 23.3 Å². The number of hydrogen-bond acceptors (Lipinski definition) is 4. The van der Waals surface area contributed by atoms with Crippen LogP contribution in [0.5, 0.6) is 23.0 Å². The molecule has 0 atom stereocenters. The zero-order valence-corrected chi connectivity index (χ0v) is 53.9. The van der Waals surface area contributed by atoms with Crippen molar-refractivity contribution < 1.29 is 9.47 Å². The van der Waals surface area contributed by atoms with Crippen LogP contribution in [0.2, 0.25) is 0 Å². The fraction of sp³-hybridized carbons (Fsp3) is 0. The van der Waals surface area contributed by atoms with E-state index in [1.165, 1.54) is 136 Å². The van der Waals surface area contributed by atoms with Gasteiger partial charge in [0.25, 0.3) is 0 Å². The first-order valence-corrected chi connectivity index (χ1v) is 33.9. The molecule has 0 N–H and O–H groups in total. The number of ether oxygens (including phenoxy) is 2. The lowest BCUT2D eigenvalue weighted by Gasteiger charge is -2.23. The summed E-state index contributed by atoms with van der Waals surface area (Å²) in [5.74, 6) is 3.08. The quantitative estimate of drug-likeness (QED) is 0.161. The molecule has 0 spiro atoms. The number of nitriles is 2. The second-order valence-electron chi connectivity index (χ2n) is 26.2. The van der Waals surface area contributed by atoms with Gasteiger partial charge in [0.15, 0.2) is 0 Å². The molecule has 2 aliphatic heterocycles. The van der Waals surface area contributed by atoms with E-state index in [1.54, 1.807) is 0 Å². The highest BCUT2D eigenvalue weighted by atomic mass is 16.5. The van der Waals surface area contributed by atoms with Crippen LogP contribution in [-0.2, 0) is 0 Å². The van der Waals surface area contributed by atoms with Crippen LogP contribution in [0.15, 0.2) is 328 Å². The van der Waals surface area contributed by atoms with Gasteiger partial charge in [0.2, 0.25) is 0 Å². The predicted molar refractivity (Wildman–Crippen MR) is 416 cm³/mol. The lowest BCUT2D eigenvalue weighted by Crippen LogP contribution is -1.98. The average Bonchev–Trinajstić information content (AvgIpc) is 0.735. The highest BCUT2D eigenvalue weighted by Crippen LogP contribution is 2.53. The SMILES string of the molecule is N#Cc1ccc2c(c1)Oc1cccc3c(-c4ccc(-c5cc6c7ccccc7c(-c7ccccc7)cc6c6ccccc56)c5ccccc45)ccc-2c13.N#Cc1ccc2c(c1)Oc1cccc3c(-c4ccc(-c5cc6c7ccccc7ccc6c6ccccc56)c5ccccc45)ccc-2c13. The molecule has 21 rings (SSSR count). The van der Waals surface area contributed by atoms with Crippen molar-refractivity contribution >= 4 is 108 Å². The van der Waals surface area contributed by atoms with Crippen molar-refractivity contribution in [2.24, 2.45) is 0 Å². The van der Waals surface area contributed by atoms with Gasteiger partial charge in [-0.1, -0.05) is 261 Å². The Labute approximate surface area is 575 Å². The number of benzene rings is 19. The largest absolute Gasteiger partial charge is 0.456 e. The molecular weight excluding hydrogens is 1210 g/mol. The summed E-state index contributed by atoms with van der Waals surface area (Å²) in [6.07, 6.45) is 0. The Morgan fingerprint density at radius 2 is 0.490 bits per heavy atom. The van der Waals surface area contributed by atoms with E-state index in [1.807, 2.05) is 48.5 Å². The topological polar surface area (TPSA) is 66.0 Å². The van der Waals surface area contributed by atoms with Gasteiger partial charge in [-0.3, -0.25) is 0 Å². The Kier molecular flexibility index (Phi) is 12.7. The van der Waals surface area contributed by atoms with Gasteiger partial charge >= 0.3 is 0 Å². The Morgan fingerprint density at radius 3 is 0.940 bits per heavy atom. The molecule has 0 aliphatic carbocycles. The minimum absolute atomic E-state index is 0.590. The average molecular weight is 1270 g/mol. The van der Waals surface area contributed by atoms with Gasteiger partial charge in [0, 0.05) is 21.9 Å². The third kappa shape index (κ3) is 8.71. The van der Waals surface area contributed by atoms with Crippen molar-refractivity contribution in [3.05, 3.63) is 339 Å². The van der Waals surface area contributed by atoms with Gasteiger partial charge in [-0.15, -0.1) is 0 Å². The Bertz CT molecular complexity index is 6870. The highest BCUT2D eigenvalue weighted by molar-refractivity contribution is 6.27. The van der Waals surface area contributed by atoms with Crippen LogP contribution in [0.4, 0.5) is 0 Å². The first-order valence-electron chi connectivity index (χ1n) is 33.9. The van der Waals surface area contributed by atoms with Gasteiger partial charge in [-0.2, -0.15) is 10.5 Å². The van der Waals surface area contributed by atoms with Crippen molar-refractivity contribution in [3.8, 4) is 113 Å². The van der Waals surface area contributed by atoms with E-state index in [9.17, 15) is 10.5 Å². The van der Waals surface area contributed by atoms with Crippen LogP contribution in [-0.4, -0.2) is 0 Å². The third-order valence-corrected chi connectivity index (χ3v) is 21.0. The second-order valence-corrected chi connectivity index (χ2v) is 26.2. The van der Waals surface area contributed by atoms with Crippen molar-refractivity contribution in [2.75, 3.05) is 0 Å². The minimum atomic E-state index is 0.590. The van der Waals surface area contributed by atoms with Crippen molar-refractivity contribution in [2.45, 2.75) is 0 Å². The van der Waals surface area contributed by atoms with Crippen LogP contribution in [0.3, 0.4) is 0 Å². The zero-order chi connectivity index (χ0) is 66.1. The first-order chi connectivity index (χ1) is 49.5. The first kappa shape index (κ1) is 56.7. The monoisotopic (exact) mass is 1270 g/mol. The smallest absolute Gasteiger partial charge is 0.136 e.